The first-order valence-corrected chi connectivity index (χ1v) is 8.65. The Hall–Kier alpha value is -0.680. The molecule has 0 unspecified atom stereocenters. The lowest BCUT2D eigenvalue weighted by Gasteiger charge is -2.32. The van der Waals surface area contributed by atoms with Gasteiger partial charge in [0.25, 0.3) is 0 Å². The van der Waals surface area contributed by atoms with Gasteiger partial charge in [-0.05, 0) is 62.6 Å². The Morgan fingerprint density at radius 3 is 2.70 bits per heavy atom. The smallest absolute Gasteiger partial charge is 0.179 e. The van der Waals surface area contributed by atoms with Crippen molar-refractivity contribution >= 4 is 24.0 Å². The van der Waals surface area contributed by atoms with Gasteiger partial charge >= 0.3 is 0 Å². The summed E-state index contributed by atoms with van der Waals surface area (Å²) in [6, 6.07) is 4.09. The number of ether oxygens (including phenoxy) is 2. The molecule has 0 bridgehead atoms. The number of piperidine rings is 1. The number of hydrogen-bond donors (Lipinski definition) is 1. The third-order valence-electron chi connectivity index (χ3n) is 4.45. The molecular formula is C17H26Cl2N2O2. The highest BCUT2D eigenvalue weighted by molar-refractivity contribution is 6.32. The molecule has 1 aromatic rings. The van der Waals surface area contributed by atoms with E-state index in [-0.39, 0.29) is 12.4 Å². The summed E-state index contributed by atoms with van der Waals surface area (Å²) >= 11 is 6.31. The topological polar surface area (TPSA) is 33.7 Å². The number of rotatable bonds is 5. The first-order valence-electron chi connectivity index (χ1n) is 8.27. The number of halogens is 2. The van der Waals surface area contributed by atoms with E-state index in [0.29, 0.717) is 24.0 Å². The minimum atomic E-state index is 0. The molecule has 0 aromatic heterocycles. The van der Waals surface area contributed by atoms with Crippen LogP contribution in [0.5, 0.6) is 11.5 Å². The molecule has 6 heteroatoms. The highest BCUT2D eigenvalue weighted by Gasteiger charge is 2.21. The van der Waals surface area contributed by atoms with Gasteiger partial charge in [-0.3, -0.25) is 4.90 Å². The molecule has 4 nitrogen and oxygen atoms in total. The Kier molecular flexibility index (Phi) is 7.28. The van der Waals surface area contributed by atoms with E-state index in [4.69, 9.17) is 21.1 Å². The summed E-state index contributed by atoms with van der Waals surface area (Å²) in [4.78, 5) is 2.50. The zero-order valence-electron chi connectivity index (χ0n) is 13.6. The third kappa shape index (κ3) is 4.90. The van der Waals surface area contributed by atoms with Gasteiger partial charge in [0.2, 0.25) is 0 Å². The SMILES string of the molecule is CCNCC1CCN(Cc2cc(Cl)c3c(c2)OCCO3)CC1.Cl. The Morgan fingerprint density at radius 2 is 1.96 bits per heavy atom. The van der Waals surface area contributed by atoms with Crippen LogP contribution in [-0.4, -0.2) is 44.3 Å². The monoisotopic (exact) mass is 360 g/mol. The van der Waals surface area contributed by atoms with Crippen LogP contribution in [0.2, 0.25) is 5.02 Å². The molecule has 1 N–H and O–H groups in total. The molecule has 0 radical (unpaired) electrons. The van der Waals surface area contributed by atoms with Crippen LogP contribution in [0.4, 0.5) is 0 Å². The van der Waals surface area contributed by atoms with E-state index >= 15 is 0 Å². The van der Waals surface area contributed by atoms with Crippen LogP contribution in [0, 0.1) is 5.92 Å². The quantitative estimate of drug-likeness (QED) is 0.872. The van der Waals surface area contributed by atoms with Crippen molar-refractivity contribution in [3.8, 4) is 11.5 Å². The molecule has 3 rings (SSSR count). The van der Waals surface area contributed by atoms with Gasteiger partial charge in [0.15, 0.2) is 11.5 Å². The fourth-order valence-electron chi connectivity index (χ4n) is 3.21. The molecule has 0 atom stereocenters. The zero-order valence-corrected chi connectivity index (χ0v) is 15.2. The van der Waals surface area contributed by atoms with Gasteiger partial charge < -0.3 is 14.8 Å². The number of likely N-dealkylation sites (tertiary alicyclic amines) is 1. The molecule has 0 spiro atoms. The van der Waals surface area contributed by atoms with Crippen molar-refractivity contribution in [1.82, 2.24) is 10.2 Å². The second-order valence-electron chi connectivity index (χ2n) is 6.13. The van der Waals surface area contributed by atoms with Crippen molar-refractivity contribution in [3.63, 3.8) is 0 Å². The number of hydrogen-bond acceptors (Lipinski definition) is 4. The molecule has 130 valence electrons. The van der Waals surface area contributed by atoms with Gasteiger partial charge in [-0.15, -0.1) is 12.4 Å². The summed E-state index contributed by atoms with van der Waals surface area (Å²) in [6.45, 7) is 8.80. The Balaban J connectivity index is 0.00000192. The second kappa shape index (κ2) is 8.97. The molecular weight excluding hydrogens is 335 g/mol. The summed E-state index contributed by atoms with van der Waals surface area (Å²) in [5.74, 6) is 2.30. The van der Waals surface area contributed by atoms with Crippen molar-refractivity contribution in [2.24, 2.45) is 5.92 Å². The van der Waals surface area contributed by atoms with E-state index in [1.807, 2.05) is 6.07 Å². The number of fused-ring (bicyclic) bond motifs is 1. The van der Waals surface area contributed by atoms with Crippen LogP contribution in [0.25, 0.3) is 0 Å². The van der Waals surface area contributed by atoms with E-state index in [1.165, 1.54) is 18.4 Å². The third-order valence-corrected chi connectivity index (χ3v) is 4.73. The number of benzene rings is 1. The van der Waals surface area contributed by atoms with Crippen LogP contribution >= 0.6 is 24.0 Å². The Bertz CT molecular complexity index is 506. The molecule has 2 aliphatic heterocycles. The minimum Gasteiger partial charge on any atom is -0.486 e. The summed E-state index contributed by atoms with van der Waals surface area (Å²) in [5.41, 5.74) is 1.21. The van der Waals surface area contributed by atoms with Crippen LogP contribution in [0.15, 0.2) is 12.1 Å². The minimum absolute atomic E-state index is 0. The van der Waals surface area contributed by atoms with Crippen LogP contribution in [-0.2, 0) is 6.54 Å². The predicted molar refractivity (Wildman–Crippen MR) is 96.2 cm³/mol. The predicted octanol–water partition coefficient (Wildman–Crippen LogP) is 3.35. The van der Waals surface area contributed by atoms with Gasteiger partial charge in [-0.1, -0.05) is 18.5 Å². The van der Waals surface area contributed by atoms with E-state index in [1.54, 1.807) is 0 Å². The molecule has 1 fully saturated rings. The van der Waals surface area contributed by atoms with Gasteiger partial charge in [0, 0.05) is 6.54 Å². The van der Waals surface area contributed by atoms with Crippen molar-refractivity contribution in [2.75, 3.05) is 39.4 Å². The van der Waals surface area contributed by atoms with Crippen molar-refractivity contribution in [3.05, 3.63) is 22.7 Å². The van der Waals surface area contributed by atoms with Gasteiger partial charge in [-0.2, -0.15) is 0 Å². The average Bonchev–Trinajstić information content (AvgIpc) is 2.54. The van der Waals surface area contributed by atoms with Crippen molar-refractivity contribution in [1.29, 1.82) is 0 Å². The van der Waals surface area contributed by atoms with E-state index in [2.05, 4.69) is 23.2 Å². The van der Waals surface area contributed by atoms with Gasteiger partial charge in [0.1, 0.15) is 13.2 Å². The zero-order chi connectivity index (χ0) is 15.4. The lowest BCUT2D eigenvalue weighted by Crippen LogP contribution is -2.36. The molecule has 1 aromatic carbocycles. The summed E-state index contributed by atoms with van der Waals surface area (Å²) < 4.78 is 11.2. The van der Waals surface area contributed by atoms with Crippen LogP contribution in [0.3, 0.4) is 0 Å². The van der Waals surface area contributed by atoms with Gasteiger partial charge in [-0.25, -0.2) is 0 Å². The van der Waals surface area contributed by atoms with Crippen LogP contribution in [0.1, 0.15) is 25.3 Å². The highest BCUT2D eigenvalue weighted by atomic mass is 35.5. The van der Waals surface area contributed by atoms with Crippen LogP contribution < -0.4 is 14.8 Å². The fraction of sp³-hybridized carbons (Fsp3) is 0.647. The first-order chi connectivity index (χ1) is 10.8. The van der Waals surface area contributed by atoms with E-state index < -0.39 is 0 Å². The summed E-state index contributed by atoms with van der Waals surface area (Å²) in [7, 11) is 0. The summed E-state index contributed by atoms with van der Waals surface area (Å²) in [5, 5.41) is 4.12. The molecule has 0 saturated carbocycles. The average molecular weight is 361 g/mol. The first kappa shape index (κ1) is 18.7. The molecule has 0 aliphatic carbocycles. The summed E-state index contributed by atoms with van der Waals surface area (Å²) in [6.07, 6.45) is 2.54. The lowest BCUT2D eigenvalue weighted by molar-refractivity contribution is 0.167. The molecule has 23 heavy (non-hydrogen) atoms. The molecule has 1 saturated heterocycles. The maximum atomic E-state index is 6.31. The Morgan fingerprint density at radius 1 is 1.22 bits per heavy atom. The number of nitrogens with zero attached hydrogens (tertiary/aromatic N) is 1. The van der Waals surface area contributed by atoms with E-state index in [9.17, 15) is 0 Å². The number of nitrogens with one attached hydrogen (secondary N) is 1. The largest absolute Gasteiger partial charge is 0.486 e. The molecule has 0 amide bonds. The second-order valence-corrected chi connectivity index (χ2v) is 6.54. The highest BCUT2D eigenvalue weighted by Crippen LogP contribution is 2.38. The molecule has 2 aliphatic rings. The normalized spacial score (nSPS) is 18.5. The van der Waals surface area contributed by atoms with Crippen molar-refractivity contribution < 1.29 is 9.47 Å². The van der Waals surface area contributed by atoms with E-state index in [0.717, 1.165) is 44.4 Å². The molecule has 2 heterocycles. The van der Waals surface area contributed by atoms with Crippen molar-refractivity contribution in [2.45, 2.75) is 26.3 Å². The Labute approximate surface area is 149 Å². The lowest BCUT2D eigenvalue weighted by atomic mass is 9.96. The standard InChI is InChI=1S/C17H25ClN2O2.ClH/c1-2-19-11-13-3-5-20(6-4-13)12-14-9-15(18)17-16(10-14)21-7-8-22-17;/h9-10,13,19H,2-8,11-12H2,1H3;1H. The maximum absolute atomic E-state index is 6.31. The maximum Gasteiger partial charge on any atom is 0.179 e. The van der Waals surface area contributed by atoms with Gasteiger partial charge in [0.05, 0.1) is 5.02 Å². The fourth-order valence-corrected chi connectivity index (χ4v) is 3.50.